The second-order valence-electron chi connectivity index (χ2n) is 4.89. The van der Waals surface area contributed by atoms with Crippen LogP contribution in [0.15, 0.2) is 16.6 Å². The third-order valence-corrected chi connectivity index (χ3v) is 4.00. The van der Waals surface area contributed by atoms with Crippen molar-refractivity contribution < 1.29 is 14.2 Å². The van der Waals surface area contributed by atoms with E-state index in [-0.39, 0.29) is 12.1 Å². The molecule has 1 aromatic carbocycles. The molecule has 0 bridgehead atoms. The van der Waals surface area contributed by atoms with Crippen LogP contribution in [-0.4, -0.2) is 26.9 Å². The van der Waals surface area contributed by atoms with Crippen LogP contribution in [0, 0.1) is 5.92 Å². The monoisotopic (exact) mass is 345 g/mol. The smallest absolute Gasteiger partial charge is 0.141 e. The fourth-order valence-corrected chi connectivity index (χ4v) is 2.95. The second-order valence-corrected chi connectivity index (χ2v) is 5.69. The maximum Gasteiger partial charge on any atom is 0.141 e. The number of rotatable bonds is 7. The molecule has 20 heavy (non-hydrogen) atoms. The van der Waals surface area contributed by atoms with Crippen LogP contribution in [-0.2, 0) is 4.74 Å². The van der Waals surface area contributed by atoms with E-state index >= 15 is 0 Å². The van der Waals surface area contributed by atoms with Gasteiger partial charge in [0.25, 0.3) is 0 Å². The lowest BCUT2D eigenvalue weighted by atomic mass is 9.93. The van der Waals surface area contributed by atoms with Crippen molar-refractivity contribution in [2.75, 3.05) is 20.8 Å². The van der Waals surface area contributed by atoms with Crippen molar-refractivity contribution in [2.45, 2.75) is 32.9 Å². The molecule has 2 N–H and O–H groups in total. The molecule has 5 heteroatoms. The van der Waals surface area contributed by atoms with Crippen molar-refractivity contribution in [2.24, 2.45) is 11.7 Å². The fraction of sp³-hybridized carbons (Fsp3) is 0.600. The van der Waals surface area contributed by atoms with Crippen molar-refractivity contribution >= 4 is 15.9 Å². The third kappa shape index (κ3) is 3.65. The first kappa shape index (κ1) is 17.3. The van der Waals surface area contributed by atoms with Gasteiger partial charge in [-0.05, 0) is 40.9 Å². The van der Waals surface area contributed by atoms with E-state index < -0.39 is 0 Å². The Morgan fingerprint density at radius 1 is 1.20 bits per heavy atom. The highest BCUT2D eigenvalue weighted by Crippen LogP contribution is 2.40. The van der Waals surface area contributed by atoms with Gasteiger partial charge < -0.3 is 19.9 Å². The van der Waals surface area contributed by atoms with E-state index in [1.165, 1.54) is 0 Å². The predicted octanol–water partition coefficient (Wildman–Crippen LogP) is 3.53. The lowest BCUT2D eigenvalue weighted by Gasteiger charge is -2.29. The number of benzene rings is 1. The van der Waals surface area contributed by atoms with Crippen LogP contribution >= 0.6 is 15.9 Å². The van der Waals surface area contributed by atoms with E-state index in [9.17, 15) is 0 Å². The van der Waals surface area contributed by atoms with Gasteiger partial charge in [-0.3, -0.25) is 0 Å². The van der Waals surface area contributed by atoms with Crippen molar-refractivity contribution in [3.8, 4) is 11.5 Å². The molecule has 0 amide bonds. The SMILES string of the molecule is CCOC(C(C)C)C(N)c1ccc(OC)c(Br)c1OC. The van der Waals surface area contributed by atoms with E-state index in [2.05, 4.69) is 29.8 Å². The van der Waals surface area contributed by atoms with E-state index in [4.69, 9.17) is 19.9 Å². The molecular weight excluding hydrogens is 322 g/mol. The quantitative estimate of drug-likeness (QED) is 0.821. The molecule has 0 fully saturated rings. The highest BCUT2D eigenvalue weighted by molar-refractivity contribution is 9.10. The van der Waals surface area contributed by atoms with Gasteiger partial charge >= 0.3 is 0 Å². The van der Waals surface area contributed by atoms with Crippen LogP contribution in [0.5, 0.6) is 11.5 Å². The van der Waals surface area contributed by atoms with Crippen LogP contribution in [0.3, 0.4) is 0 Å². The number of hydrogen-bond donors (Lipinski definition) is 1. The second kappa shape index (κ2) is 7.86. The summed E-state index contributed by atoms with van der Waals surface area (Å²) in [6.45, 7) is 6.82. The molecule has 4 nitrogen and oxygen atoms in total. The minimum atomic E-state index is -0.257. The molecular formula is C15H24BrNO3. The Hall–Kier alpha value is -0.780. The summed E-state index contributed by atoms with van der Waals surface area (Å²) < 4.78 is 17.3. The largest absolute Gasteiger partial charge is 0.495 e. The Morgan fingerprint density at radius 2 is 1.85 bits per heavy atom. The Bertz CT molecular complexity index is 437. The minimum Gasteiger partial charge on any atom is -0.495 e. The minimum absolute atomic E-state index is 0.0609. The van der Waals surface area contributed by atoms with E-state index in [0.717, 1.165) is 15.8 Å². The number of hydrogen-bond acceptors (Lipinski definition) is 4. The molecule has 1 aromatic rings. The molecule has 114 valence electrons. The van der Waals surface area contributed by atoms with Gasteiger partial charge in [0.2, 0.25) is 0 Å². The summed E-state index contributed by atoms with van der Waals surface area (Å²) in [6, 6.07) is 3.55. The molecule has 0 aromatic heterocycles. The Labute approximate surface area is 129 Å². The first-order chi connectivity index (χ1) is 9.47. The van der Waals surface area contributed by atoms with Gasteiger partial charge in [-0.25, -0.2) is 0 Å². The molecule has 0 heterocycles. The van der Waals surface area contributed by atoms with E-state index in [1.807, 2.05) is 19.1 Å². The molecule has 0 saturated carbocycles. The molecule has 0 spiro atoms. The summed E-state index contributed by atoms with van der Waals surface area (Å²) in [6.07, 6.45) is -0.0609. The molecule has 0 aliphatic heterocycles. The first-order valence-electron chi connectivity index (χ1n) is 6.75. The molecule has 0 aliphatic rings. The van der Waals surface area contributed by atoms with Crippen LogP contribution in [0.25, 0.3) is 0 Å². The summed E-state index contributed by atoms with van der Waals surface area (Å²) in [7, 11) is 3.25. The number of halogens is 1. The van der Waals surface area contributed by atoms with Gasteiger partial charge in [0.05, 0.1) is 26.4 Å². The lowest BCUT2D eigenvalue weighted by molar-refractivity contribution is 0.0116. The van der Waals surface area contributed by atoms with Crippen molar-refractivity contribution in [3.05, 3.63) is 22.2 Å². The number of nitrogens with two attached hydrogens (primary N) is 1. The van der Waals surface area contributed by atoms with Crippen molar-refractivity contribution in [1.82, 2.24) is 0 Å². The van der Waals surface area contributed by atoms with Crippen molar-refractivity contribution in [1.29, 1.82) is 0 Å². The molecule has 1 rings (SSSR count). The predicted molar refractivity (Wildman–Crippen MR) is 84.4 cm³/mol. The zero-order valence-electron chi connectivity index (χ0n) is 12.8. The maximum atomic E-state index is 6.40. The molecule has 0 saturated heterocycles. The Kier molecular flexibility index (Phi) is 6.79. The summed E-state index contributed by atoms with van der Waals surface area (Å²) in [5.41, 5.74) is 7.31. The van der Waals surface area contributed by atoms with E-state index in [0.29, 0.717) is 18.3 Å². The van der Waals surface area contributed by atoms with Crippen LogP contribution in [0.2, 0.25) is 0 Å². The normalized spacial score (nSPS) is 14.2. The van der Waals surface area contributed by atoms with Gasteiger partial charge in [0.15, 0.2) is 0 Å². The van der Waals surface area contributed by atoms with Gasteiger partial charge in [-0.15, -0.1) is 0 Å². The Morgan fingerprint density at radius 3 is 2.30 bits per heavy atom. The lowest BCUT2D eigenvalue weighted by Crippen LogP contribution is -2.33. The van der Waals surface area contributed by atoms with Crippen LogP contribution in [0.4, 0.5) is 0 Å². The zero-order chi connectivity index (χ0) is 15.3. The fourth-order valence-electron chi connectivity index (χ4n) is 2.26. The van der Waals surface area contributed by atoms with Crippen molar-refractivity contribution in [3.63, 3.8) is 0 Å². The van der Waals surface area contributed by atoms with Crippen LogP contribution < -0.4 is 15.2 Å². The maximum absolute atomic E-state index is 6.40. The van der Waals surface area contributed by atoms with Gasteiger partial charge in [-0.2, -0.15) is 0 Å². The Balaban J connectivity index is 3.20. The summed E-state index contributed by atoms with van der Waals surface area (Å²) in [5.74, 6) is 1.73. The highest BCUT2D eigenvalue weighted by Gasteiger charge is 2.27. The molecule has 0 aliphatic carbocycles. The van der Waals surface area contributed by atoms with Gasteiger partial charge in [0.1, 0.15) is 16.0 Å². The van der Waals surface area contributed by atoms with Gasteiger partial charge in [-0.1, -0.05) is 13.8 Å². The van der Waals surface area contributed by atoms with Crippen LogP contribution in [0.1, 0.15) is 32.4 Å². The molecule has 2 unspecified atom stereocenters. The summed E-state index contributed by atoms with van der Waals surface area (Å²) >= 11 is 3.50. The topological polar surface area (TPSA) is 53.7 Å². The number of ether oxygens (including phenoxy) is 3. The first-order valence-corrected chi connectivity index (χ1v) is 7.54. The average molecular weight is 346 g/mol. The standard InChI is InChI=1S/C15H24BrNO3/c1-6-20-14(9(2)3)13(17)10-7-8-11(18-4)12(16)15(10)19-5/h7-9,13-14H,6,17H2,1-5H3. The highest BCUT2D eigenvalue weighted by atomic mass is 79.9. The molecule has 0 radical (unpaired) electrons. The third-order valence-electron chi connectivity index (χ3n) is 3.25. The zero-order valence-corrected chi connectivity index (χ0v) is 14.4. The van der Waals surface area contributed by atoms with Gasteiger partial charge in [0, 0.05) is 12.2 Å². The average Bonchev–Trinajstić information content (AvgIpc) is 2.43. The number of methoxy groups -OCH3 is 2. The summed E-state index contributed by atoms with van der Waals surface area (Å²) in [4.78, 5) is 0. The summed E-state index contributed by atoms with van der Waals surface area (Å²) in [5, 5.41) is 0. The molecule has 2 atom stereocenters. The van der Waals surface area contributed by atoms with E-state index in [1.54, 1.807) is 14.2 Å².